The lowest BCUT2D eigenvalue weighted by Crippen LogP contribution is -2.15. The monoisotopic (exact) mass is 361 g/mol. The molecule has 0 radical (unpaired) electrons. The Morgan fingerprint density at radius 3 is 2.76 bits per heavy atom. The number of aryl methyl sites for hydroxylation is 1. The summed E-state index contributed by atoms with van der Waals surface area (Å²) in [6.07, 6.45) is 1.36. The van der Waals surface area contributed by atoms with Gasteiger partial charge < -0.3 is 10.1 Å². The molecule has 0 aliphatic heterocycles. The number of anilines is 1. The van der Waals surface area contributed by atoms with E-state index in [1.807, 2.05) is 0 Å². The number of hydrogen-bond donors (Lipinski definition) is 1. The Hall–Kier alpha value is -3.00. The fourth-order valence-electron chi connectivity index (χ4n) is 2.25. The van der Waals surface area contributed by atoms with E-state index in [0.29, 0.717) is 5.69 Å². The van der Waals surface area contributed by atoms with Crippen LogP contribution in [0, 0.1) is 12.7 Å². The van der Waals surface area contributed by atoms with Crippen molar-refractivity contribution < 1.29 is 13.9 Å². The summed E-state index contributed by atoms with van der Waals surface area (Å²) in [5.74, 6) is -0.826. The number of ether oxygens (including phenoxy) is 1. The summed E-state index contributed by atoms with van der Waals surface area (Å²) in [5, 5.41) is 13.6. The lowest BCUT2D eigenvalue weighted by atomic mass is 10.1. The molecule has 0 saturated heterocycles. The molecule has 0 aliphatic rings. The van der Waals surface area contributed by atoms with E-state index >= 15 is 0 Å². The molecule has 128 valence electrons. The number of hydrogen-bond acceptors (Lipinski definition) is 5. The highest BCUT2D eigenvalue weighted by Crippen LogP contribution is 2.30. The molecule has 9 heteroatoms. The highest BCUT2D eigenvalue weighted by molar-refractivity contribution is 6.33. The molecular formula is C16H13ClFN5O2. The Morgan fingerprint density at radius 2 is 2.12 bits per heavy atom. The summed E-state index contributed by atoms with van der Waals surface area (Å²) >= 11 is 6.22. The molecule has 25 heavy (non-hydrogen) atoms. The summed E-state index contributed by atoms with van der Waals surface area (Å²) < 4.78 is 20.5. The van der Waals surface area contributed by atoms with E-state index in [1.165, 1.54) is 42.4 Å². The van der Waals surface area contributed by atoms with E-state index in [2.05, 4.69) is 20.8 Å². The predicted octanol–water partition coefficient (Wildman–Crippen LogP) is 3.02. The van der Waals surface area contributed by atoms with E-state index in [4.69, 9.17) is 16.3 Å². The third-order valence-electron chi connectivity index (χ3n) is 3.48. The molecule has 3 rings (SSSR count). The fourth-order valence-corrected chi connectivity index (χ4v) is 2.50. The van der Waals surface area contributed by atoms with Crippen LogP contribution in [-0.2, 0) is 0 Å². The highest BCUT2D eigenvalue weighted by atomic mass is 35.5. The zero-order chi connectivity index (χ0) is 18.0. The van der Waals surface area contributed by atoms with Crippen LogP contribution in [0.3, 0.4) is 0 Å². The molecule has 0 fully saturated rings. The highest BCUT2D eigenvalue weighted by Gasteiger charge is 2.18. The number of nitrogens with zero attached hydrogens (tertiary/aromatic N) is 4. The van der Waals surface area contributed by atoms with Crippen molar-refractivity contribution >= 4 is 23.2 Å². The Morgan fingerprint density at radius 1 is 1.32 bits per heavy atom. The molecule has 1 heterocycles. The first kappa shape index (κ1) is 16.8. The second-order valence-electron chi connectivity index (χ2n) is 5.20. The second kappa shape index (κ2) is 6.86. The van der Waals surface area contributed by atoms with Crippen molar-refractivity contribution in [2.45, 2.75) is 6.92 Å². The van der Waals surface area contributed by atoms with Crippen LogP contribution >= 0.6 is 11.6 Å². The lowest BCUT2D eigenvalue weighted by Gasteiger charge is -2.13. The fraction of sp³-hybridized carbons (Fsp3) is 0.125. The quantitative estimate of drug-likeness (QED) is 0.772. The summed E-state index contributed by atoms with van der Waals surface area (Å²) in [6.45, 7) is 1.76. The summed E-state index contributed by atoms with van der Waals surface area (Å²) in [5.41, 5.74) is 1.42. The van der Waals surface area contributed by atoms with Crippen LogP contribution in [0.5, 0.6) is 5.75 Å². The van der Waals surface area contributed by atoms with Gasteiger partial charge in [-0.1, -0.05) is 17.7 Å². The Labute approximate surface area is 147 Å². The molecule has 2 aromatic carbocycles. The minimum atomic E-state index is -0.551. The van der Waals surface area contributed by atoms with Gasteiger partial charge in [0.25, 0.3) is 5.91 Å². The first-order valence-corrected chi connectivity index (χ1v) is 7.56. The van der Waals surface area contributed by atoms with Gasteiger partial charge in [-0.25, -0.2) is 4.39 Å². The number of methoxy groups -OCH3 is 1. The van der Waals surface area contributed by atoms with Gasteiger partial charge in [-0.3, -0.25) is 4.79 Å². The van der Waals surface area contributed by atoms with Crippen LogP contribution in [0.4, 0.5) is 10.1 Å². The van der Waals surface area contributed by atoms with Crippen molar-refractivity contribution in [2.24, 2.45) is 0 Å². The second-order valence-corrected chi connectivity index (χ2v) is 5.60. The van der Waals surface area contributed by atoms with Crippen LogP contribution in [0.2, 0.25) is 5.02 Å². The Kier molecular flexibility index (Phi) is 4.62. The first-order valence-electron chi connectivity index (χ1n) is 7.18. The van der Waals surface area contributed by atoms with Gasteiger partial charge in [0.15, 0.2) is 0 Å². The number of tetrazole rings is 1. The number of benzene rings is 2. The molecule has 0 saturated carbocycles. The normalized spacial score (nSPS) is 10.6. The number of carbonyl (C=O) groups is 1. The van der Waals surface area contributed by atoms with E-state index < -0.39 is 11.7 Å². The standard InChI is InChI=1S/C16H13ClFN5O2/c1-9-3-4-13(12(18)5-9)20-16(24)10-6-11(17)14(7-15(10)25-2)23-8-19-21-22-23/h3-8H,1-2H3,(H,20,24). The zero-order valence-corrected chi connectivity index (χ0v) is 14.1. The first-order chi connectivity index (χ1) is 12.0. The van der Waals surface area contributed by atoms with Crippen LogP contribution in [0.1, 0.15) is 15.9 Å². The molecule has 1 amide bonds. The van der Waals surface area contributed by atoms with E-state index in [-0.39, 0.29) is 22.0 Å². The molecule has 3 aromatic rings. The summed E-state index contributed by atoms with van der Waals surface area (Å²) in [4.78, 5) is 12.5. The largest absolute Gasteiger partial charge is 0.496 e. The van der Waals surface area contributed by atoms with Crippen molar-refractivity contribution in [1.82, 2.24) is 20.2 Å². The molecule has 0 bridgehead atoms. The zero-order valence-electron chi connectivity index (χ0n) is 13.3. The smallest absolute Gasteiger partial charge is 0.259 e. The van der Waals surface area contributed by atoms with Gasteiger partial charge in [0.05, 0.1) is 29.1 Å². The maximum absolute atomic E-state index is 13.9. The van der Waals surface area contributed by atoms with Crippen LogP contribution in [0.15, 0.2) is 36.7 Å². The van der Waals surface area contributed by atoms with Gasteiger partial charge >= 0.3 is 0 Å². The Bertz CT molecular complexity index is 931. The van der Waals surface area contributed by atoms with Gasteiger partial charge in [-0.2, -0.15) is 4.68 Å². The minimum absolute atomic E-state index is 0.0679. The van der Waals surface area contributed by atoms with Crippen molar-refractivity contribution in [3.05, 3.63) is 58.6 Å². The van der Waals surface area contributed by atoms with E-state index in [1.54, 1.807) is 13.0 Å². The number of nitrogens with one attached hydrogen (secondary N) is 1. The molecule has 0 unspecified atom stereocenters. The van der Waals surface area contributed by atoms with Crippen molar-refractivity contribution in [1.29, 1.82) is 0 Å². The predicted molar refractivity (Wildman–Crippen MR) is 89.8 cm³/mol. The van der Waals surface area contributed by atoms with Gasteiger partial charge in [0.2, 0.25) is 0 Å². The maximum Gasteiger partial charge on any atom is 0.259 e. The van der Waals surface area contributed by atoms with Gasteiger partial charge in [0.1, 0.15) is 17.9 Å². The molecule has 0 aliphatic carbocycles. The number of rotatable bonds is 4. The van der Waals surface area contributed by atoms with Crippen molar-refractivity contribution in [3.8, 4) is 11.4 Å². The minimum Gasteiger partial charge on any atom is -0.496 e. The van der Waals surface area contributed by atoms with Crippen LogP contribution in [0.25, 0.3) is 5.69 Å². The SMILES string of the molecule is COc1cc(-n2cnnn2)c(Cl)cc1C(=O)Nc1ccc(C)cc1F. The van der Waals surface area contributed by atoms with Gasteiger partial charge in [-0.05, 0) is 41.1 Å². The maximum atomic E-state index is 13.9. The number of halogens is 2. The van der Waals surface area contributed by atoms with Crippen LogP contribution < -0.4 is 10.1 Å². The van der Waals surface area contributed by atoms with Crippen molar-refractivity contribution in [2.75, 3.05) is 12.4 Å². The summed E-state index contributed by atoms with van der Waals surface area (Å²) in [6, 6.07) is 7.47. The average molecular weight is 362 g/mol. The lowest BCUT2D eigenvalue weighted by molar-refractivity contribution is 0.102. The van der Waals surface area contributed by atoms with Crippen molar-refractivity contribution in [3.63, 3.8) is 0 Å². The average Bonchev–Trinajstić information content (AvgIpc) is 3.11. The van der Waals surface area contributed by atoms with E-state index in [0.717, 1.165) is 5.56 Å². The molecule has 0 spiro atoms. The molecule has 0 atom stereocenters. The third-order valence-corrected chi connectivity index (χ3v) is 3.78. The van der Waals surface area contributed by atoms with Gasteiger partial charge in [0, 0.05) is 6.07 Å². The molecule has 1 N–H and O–H groups in total. The van der Waals surface area contributed by atoms with E-state index in [9.17, 15) is 9.18 Å². The molecule has 7 nitrogen and oxygen atoms in total. The molecular weight excluding hydrogens is 349 g/mol. The third kappa shape index (κ3) is 3.43. The molecule has 1 aromatic heterocycles. The Balaban J connectivity index is 1.96. The number of aromatic nitrogens is 4. The summed E-state index contributed by atoms with van der Waals surface area (Å²) in [7, 11) is 1.41. The number of carbonyl (C=O) groups excluding carboxylic acids is 1. The van der Waals surface area contributed by atoms with Crippen LogP contribution in [-0.4, -0.2) is 33.2 Å². The number of amides is 1. The topological polar surface area (TPSA) is 81.9 Å². The van der Waals surface area contributed by atoms with Gasteiger partial charge in [-0.15, -0.1) is 5.10 Å².